The van der Waals surface area contributed by atoms with Gasteiger partial charge in [0.25, 0.3) is 0 Å². The van der Waals surface area contributed by atoms with Crippen LogP contribution in [0.4, 0.5) is 0 Å². The lowest BCUT2D eigenvalue weighted by Gasteiger charge is -2.26. The predicted molar refractivity (Wildman–Crippen MR) is 43.6 cm³/mol. The zero-order valence-electron chi connectivity index (χ0n) is 6.50. The summed E-state index contributed by atoms with van der Waals surface area (Å²) >= 11 is 0. The average molecular weight is 149 g/mol. The molecule has 1 atom stereocenters. The van der Waals surface area contributed by atoms with Gasteiger partial charge in [-0.05, 0) is 29.7 Å². The average Bonchev–Trinajstić information content (AvgIpc) is 2.02. The smallest absolute Gasteiger partial charge is 0.119 e. The highest BCUT2D eigenvalue weighted by Crippen LogP contribution is 2.33. The summed E-state index contributed by atoms with van der Waals surface area (Å²) in [5.74, 6) is 0.927. The van der Waals surface area contributed by atoms with Crippen molar-refractivity contribution in [2.45, 2.75) is 12.5 Å². The number of methoxy groups -OCH3 is 1. The summed E-state index contributed by atoms with van der Waals surface area (Å²) in [6, 6.07) is 6.31. The molecule has 2 nitrogen and oxygen atoms in total. The van der Waals surface area contributed by atoms with E-state index >= 15 is 0 Å². The molecule has 0 aromatic heterocycles. The third kappa shape index (κ3) is 0.906. The molecule has 1 aliphatic carbocycles. The third-order valence-electron chi connectivity index (χ3n) is 2.19. The molecule has 11 heavy (non-hydrogen) atoms. The van der Waals surface area contributed by atoms with Crippen molar-refractivity contribution in [2.24, 2.45) is 5.73 Å². The fourth-order valence-corrected chi connectivity index (χ4v) is 1.46. The second kappa shape index (κ2) is 2.24. The number of hydrogen-bond acceptors (Lipinski definition) is 2. The van der Waals surface area contributed by atoms with E-state index in [2.05, 4.69) is 6.07 Å². The normalized spacial score (nSPS) is 20.4. The maximum absolute atomic E-state index is 5.74. The quantitative estimate of drug-likeness (QED) is 0.652. The number of rotatable bonds is 1. The van der Waals surface area contributed by atoms with Crippen LogP contribution >= 0.6 is 0 Å². The summed E-state index contributed by atoms with van der Waals surface area (Å²) < 4.78 is 5.08. The Morgan fingerprint density at radius 2 is 2.36 bits per heavy atom. The minimum absolute atomic E-state index is 0.260. The Labute approximate surface area is 66.0 Å². The van der Waals surface area contributed by atoms with Gasteiger partial charge in [-0.25, -0.2) is 0 Å². The summed E-state index contributed by atoms with van der Waals surface area (Å²) in [6.07, 6.45) is 0.993. The van der Waals surface area contributed by atoms with Crippen molar-refractivity contribution in [3.05, 3.63) is 29.3 Å². The molecular weight excluding hydrogens is 138 g/mol. The molecule has 0 saturated heterocycles. The van der Waals surface area contributed by atoms with E-state index in [1.807, 2.05) is 12.1 Å². The monoisotopic (exact) mass is 149 g/mol. The zero-order chi connectivity index (χ0) is 7.84. The van der Waals surface area contributed by atoms with E-state index in [9.17, 15) is 0 Å². The van der Waals surface area contributed by atoms with E-state index in [0.717, 1.165) is 12.2 Å². The minimum Gasteiger partial charge on any atom is -0.497 e. The first-order valence-electron chi connectivity index (χ1n) is 3.73. The van der Waals surface area contributed by atoms with E-state index in [0.29, 0.717) is 0 Å². The van der Waals surface area contributed by atoms with Gasteiger partial charge in [-0.3, -0.25) is 0 Å². The van der Waals surface area contributed by atoms with Gasteiger partial charge in [0.1, 0.15) is 5.75 Å². The van der Waals surface area contributed by atoms with Crippen molar-refractivity contribution < 1.29 is 4.74 Å². The van der Waals surface area contributed by atoms with Crippen LogP contribution in [-0.4, -0.2) is 7.11 Å². The molecule has 2 heteroatoms. The van der Waals surface area contributed by atoms with Crippen molar-refractivity contribution in [1.29, 1.82) is 0 Å². The summed E-state index contributed by atoms with van der Waals surface area (Å²) in [7, 11) is 1.68. The van der Waals surface area contributed by atoms with Gasteiger partial charge in [0.15, 0.2) is 0 Å². The van der Waals surface area contributed by atoms with Gasteiger partial charge < -0.3 is 10.5 Å². The summed E-state index contributed by atoms with van der Waals surface area (Å²) in [5, 5.41) is 0. The van der Waals surface area contributed by atoms with Crippen LogP contribution < -0.4 is 10.5 Å². The number of nitrogens with two attached hydrogens (primary N) is 1. The van der Waals surface area contributed by atoms with Crippen LogP contribution in [0.5, 0.6) is 5.75 Å². The highest BCUT2D eigenvalue weighted by Gasteiger charge is 2.22. The molecule has 0 heterocycles. The first-order valence-corrected chi connectivity index (χ1v) is 3.73. The second-order valence-electron chi connectivity index (χ2n) is 2.88. The zero-order valence-corrected chi connectivity index (χ0v) is 6.50. The Morgan fingerprint density at radius 3 is 2.91 bits per heavy atom. The molecule has 0 radical (unpaired) electrons. The van der Waals surface area contributed by atoms with Crippen molar-refractivity contribution in [3.8, 4) is 5.75 Å². The van der Waals surface area contributed by atoms with Crippen LogP contribution in [0.15, 0.2) is 18.2 Å². The van der Waals surface area contributed by atoms with Crippen molar-refractivity contribution in [1.82, 2.24) is 0 Å². The largest absolute Gasteiger partial charge is 0.497 e. The summed E-state index contributed by atoms with van der Waals surface area (Å²) in [6.45, 7) is 0. The Morgan fingerprint density at radius 1 is 1.55 bits per heavy atom. The van der Waals surface area contributed by atoms with E-state index in [-0.39, 0.29) is 6.04 Å². The molecule has 0 fully saturated rings. The fraction of sp³-hybridized carbons (Fsp3) is 0.333. The topological polar surface area (TPSA) is 35.2 Å². The Hall–Kier alpha value is -1.02. The molecule has 0 spiro atoms. The fourth-order valence-electron chi connectivity index (χ4n) is 1.46. The first-order chi connectivity index (χ1) is 5.31. The molecule has 2 rings (SSSR count). The van der Waals surface area contributed by atoms with Gasteiger partial charge in [-0.2, -0.15) is 0 Å². The molecule has 0 amide bonds. The lowest BCUT2D eigenvalue weighted by molar-refractivity contribution is 0.412. The highest BCUT2D eigenvalue weighted by atomic mass is 16.5. The summed E-state index contributed by atoms with van der Waals surface area (Å²) in [5.41, 5.74) is 8.34. The lowest BCUT2D eigenvalue weighted by atomic mass is 9.84. The molecule has 0 aliphatic heterocycles. The predicted octanol–water partition coefficient (Wildman–Crippen LogP) is 1.25. The Bertz CT molecular complexity index is 283. The van der Waals surface area contributed by atoms with Crippen molar-refractivity contribution >= 4 is 0 Å². The maximum atomic E-state index is 5.74. The van der Waals surface area contributed by atoms with Crippen LogP contribution in [0, 0.1) is 0 Å². The molecule has 1 aliphatic rings. The van der Waals surface area contributed by atoms with Crippen molar-refractivity contribution in [3.63, 3.8) is 0 Å². The van der Waals surface area contributed by atoms with Gasteiger partial charge in [0.2, 0.25) is 0 Å². The first kappa shape index (κ1) is 6.68. The van der Waals surface area contributed by atoms with Crippen LogP contribution in [0.25, 0.3) is 0 Å². The van der Waals surface area contributed by atoms with Crippen LogP contribution in [0.1, 0.15) is 17.2 Å². The maximum Gasteiger partial charge on any atom is 0.119 e. The number of benzene rings is 1. The van der Waals surface area contributed by atoms with E-state index in [1.165, 1.54) is 11.1 Å². The van der Waals surface area contributed by atoms with E-state index in [4.69, 9.17) is 10.5 Å². The molecule has 0 saturated carbocycles. The molecule has 1 aromatic rings. The second-order valence-corrected chi connectivity index (χ2v) is 2.88. The molecule has 2 N–H and O–H groups in total. The minimum atomic E-state index is 0.260. The third-order valence-corrected chi connectivity index (χ3v) is 2.19. The summed E-state index contributed by atoms with van der Waals surface area (Å²) in [4.78, 5) is 0. The van der Waals surface area contributed by atoms with E-state index < -0.39 is 0 Å². The van der Waals surface area contributed by atoms with Gasteiger partial charge >= 0.3 is 0 Å². The Balaban J connectivity index is 2.38. The molecule has 1 aromatic carbocycles. The standard InChI is InChI=1S/C9H11NO/c1-11-7-2-3-8-6(4-7)5-9(8)10/h2-4,9H,5,10H2,1H3. The van der Waals surface area contributed by atoms with E-state index in [1.54, 1.807) is 7.11 Å². The van der Waals surface area contributed by atoms with Gasteiger partial charge in [0.05, 0.1) is 7.11 Å². The van der Waals surface area contributed by atoms with Crippen LogP contribution in [0.2, 0.25) is 0 Å². The van der Waals surface area contributed by atoms with Crippen LogP contribution in [0.3, 0.4) is 0 Å². The lowest BCUT2D eigenvalue weighted by Crippen LogP contribution is -2.24. The number of ether oxygens (including phenoxy) is 1. The van der Waals surface area contributed by atoms with Gasteiger partial charge in [-0.1, -0.05) is 6.07 Å². The SMILES string of the molecule is COc1ccc2c(c1)CC2N. The molecular formula is C9H11NO. The highest BCUT2D eigenvalue weighted by molar-refractivity contribution is 5.44. The van der Waals surface area contributed by atoms with Crippen LogP contribution in [-0.2, 0) is 6.42 Å². The van der Waals surface area contributed by atoms with Gasteiger partial charge in [-0.15, -0.1) is 0 Å². The molecule has 58 valence electrons. The molecule has 1 unspecified atom stereocenters. The number of fused-ring (bicyclic) bond motifs is 1. The molecule has 0 bridgehead atoms. The Kier molecular flexibility index (Phi) is 1.36. The van der Waals surface area contributed by atoms with Crippen molar-refractivity contribution in [2.75, 3.05) is 7.11 Å². The van der Waals surface area contributed by atoms with Gasteiger partial charge in [0, 0.05) is 6.04 Å². The number of hydrogen-bond donors (Lipinski definition) is 1.